The molecular formula is C20H19F3N4O2. The molecular weight excluding hydrogens is 385 g/mol. The summed E-state index contributed by atoms with van der Waals surface area (Å²) < 4.78 is 38.0. The third-order valence-corrected chi connectivity index (χ3v) is 4.30. The Bertz CT molecular complexity index is 979. The number of carbonyl (C=O) groups is 2. The van der Waals surface area contributed by atoms with Crippen LogP contribution in [0.2, 0.25) is 0 Å². The number of imidazole rings is 1. The van der Waals surface area contributed by atoms with Gasteiger partial charge in [-0.15, -0.1) is 0 Å². The van der Waals surface area contributed by atoms with Gasteiger partial charge in [-0.25, -0.2) is 4.98 Å². The molecule has 1 atom stereocenters. The average Bonchev–Trinajstić information content (AvgIpc) is 3.09. The Morgan fingerprint density at radius 2 is 1.79 bits per heavy atom. The van der Waals surface area contributed by atoms with Gasteiger partial charge in [-0.05, 0) is 42.8 Å². The van der Waals surface area contributed by atoms with Crippen molar-refractivity contribution in [2.45, 2.75) is 32.0 Å². The molecule has 1 heterocycles. The molecule has 1 aromatic heterocycles. The van der Waals surface area contributed by atoms with Crippen LogP contribution in [-0.4, -0.2) is 27.8 Å². The van der Waals surface area contributed by atoms with Crippen molar-refractivity contribution in [3.63, 3.8) is 0 Å². The van der Waals surface area contributed by atoms with E-state index >= 15 is 0 Å². The van der Waals surface area contributed by atoms with Gasteiger partial charge in [0, 0.05) is 5.56 Å². The van der Waals surface area contributed by atoms with E-state index in [0.29, 0.717) is 18.4 Å². The molecule has 152 valence electrons. The molecule has 0 fully saturated rings. The first-order chi connectivity index (χ1) is 13.8. The number of para-hydroxylation sites is 2. The lowest BCUT2D eigenvalue weighted by atomic mass is 10.1. The number of hydrogen-bond acceptors (Lipinski definition) is 3. The average molecular weight is 404 g/mol. The number of benzene rings is 2. The monoisotopic (exact) mass is 404 g/mol. The second-order valence-electron chi connectivity index (χ2n) is 6.48. The number of aromatic amines is 1. The van der Waals surface area contributed by atoms with Crippen LogP contribution in [0.4, 0.5) is 19.1 Å². The van der Waals surface area contributed by atoms with Crippen LogP contribution in [-0.2, 0) is 11.0 Å². The molecule has 0 aliphatic carbocycles. The number of nitrogens with zero attached hydrogens (tertiary/aromatic N) is 1. The van der Waals surface area contributed by atoms with Crippen molar-refractivity contribution in [1.29, 1.82) is 0 Å². The Balaban J connectivity index is 1.69. The predicted molar refractivity (Wildman–Crippen MR) is 102 cm³/mol. The maximum atomic E-state index is 12.7. The summed E-state index contributed by atoms with van der Waals surface area (Å²) in [5.41, 5.74) is 0.629. The highest BCUT2D eigenvalue weighted by atomic mass is 19.4. The number of H-pyrrole nitrogens is 1. The number of alkyl halides is 3. The first kappa shape index (κ1) is 20.4. The molecule has 0 spiro atoms. The van der Waals surface area contributed by atoms with Gasteiger partial charge in [0.15, 0.2) is 0 Å². The Morgan fingerprint density at radius 3 is 2.41 bits per heavy atom. The minimum atomic E-state index is -4.48. The number of fused-ring (bicyclic) bond motifs is 1. The lowest BCUT2D eigenvalue weighted by molar-refractivity contribution is -0.137. The van der Waals surface area contributed by atoms with E-state index in [1.165, 1.54) is 0 Å². The Morgan fingerprint density at radius 1 is 1.10 bits per heavy atom. The summed E-state index contributed by atoms with van der Waals surface area (Å²) in [6.45, 7) is 1.85. The van der Waals surface area contributed by atoms with Crippen LogP contribution in [0.1, 0.15) is 35.7 Å². The van der Waals surface area contributed by atoms with E-state index in [9.17, 15) is 22.8 Å². The van der Waals surface area contributed by atoms with Crippen LogP contribution in [0.15, 0.2) is 48.5 Å². The Hall–Kier alpha value is -3.36. The van der Waals surface area contributed by atoms with Crippen LogP contribution in [0.5, 0.6) is 0 Å². The quantitative estimate of drug-likeness (QED) is 0.578. The normalized spacial score (nSPS) is 12.6. The Labute approximate surface area is 164 Å². The van der Waals surface area contributed by atoms with E-state index in [-0.39, 0.29) is 11.5 Å². The molecule has 0 unspecified atom stereocenters. The topological polar surface area (TPSA) is 86.9 Å². The minimum absolute atomic E-state index is 0.0376. The molecule has 0 saturated carbocycles. The van der Waals surface area contributed by atoms with Gasteiger partial charge in [0.2, 0.25) is 11.9 Å². The molecule has 2 amide bonds. The first-order valence-corrected chi connectivity index (χ1v) is 9.01. The fourth-order valence-corrected chi connectivity index (χ4v) is 2.83. The van der Waals surface area contributed by atoms with Gasteiger partial charge in [0.1, 0.15) is 6.04 Å². The molecule has 3 rings (SSSR count). The lowest BCUT2D eigenvalue weighted by Crippen LogP contribution is -2.43. The molecule has 0 aliphatic rings. The fraction of sp³-hybridized carbons (Fsp3) is 0.250. The second kappa shape index (κ2) is 8.34. The summed E-state index contributed by atoms with van der Waals surface area (Å²) >= 11 is 0. The number of halogens is 3. The van der Waals surface area contributed by atoms with E-state index in [2.05, 4.69) is 20.6 Å². The SMILES string of the molecule is CCC[C@H](NC(=O)c1ccc(C(F)(F)F)cc1)C(=O)Nc1nc2ccccc2[nH]1. The zero-order valence-electron chi connectivity index (χ0n) is 15.5. The highest BCUT2D eigenvalue weighted by molar-refractivity contribution is 6.01. The molecule has 0 aliphatic heterocycles. The standard InChI is InChI=1S/C20H19F3N4O2/c1-2-5-16(18(29)27-19-25-14-6-3-4-7-15(14)26-19)24-17(28)12-8-10-13(11-9-12)20(21,22)23/h3-4,6-11,16H,2,5H2,1H3,(H,24,28)(H2,25,26,27,29)/t16-/m0/s1. The van der Waals surface area contributed by atoms with Crippen LogP contribution in [0.25, 0.3) is 11.0 Å². The zero-order valence-corrected chi connectivity index (χ0v) is 15.5. The second-order valence-corrected chi connectivity index (χ2v) is 6.48. The summed E-state index contributed by atoms with van der Waals surface area (Å²) in [5, 5.41) is 5.21. The highest BCUT2D eigenvalue weighted by Gasteiger charge is 2.30. The van der Waals surface area contributed by atoms with Crippen molar-refractivity contribution < 1.29 is 22.8 Å². The molecule has 0 radical (unpaired) electrons. The van der Waals surface area contributed by atoms with Crippen molar-refractivity contribution in [2.75, 3.05) is 5.32 Å². The maximum Gasteiger partial charge on any atom is 0.416 e. The van der Waals surface area contributed by atoms with Crippen molar-refractivity contribution in [3.8, 4) is 0 Å². The van der Waals surface area contributed by atoms with Gasteiger partial charge in [-0.1, -0.05) is 25.5 Å². The molecule has 6 nitrogen and oxygen atoms in total. The van der Waals surface area contributed by atoms with Gasteiger partial charge >= 0.3 is 6.18 Å². The summed E-state index contributed by atoms with van der Waals surface area (Å²) in [6, 6.07) is 10.2. The maximum absolute atomic E-state index is 12.7. The predicted octanol–water partition coefficient (Wildman–Crippen LogP) is 4.12. The van der Waals surface area contributed by atoms with Crippen molar-refractivity contribution in [3.05, 3.63) is 59.7 Å². The third-order valence-electron chi connectivity index (χ3n) is 4.30. The Kier molecular flexibility index (Phi) is 5.86. The summed E-state index contributed by atoms with van der Waals surface area (Å²) in [7, 11) is 0. The molecule has 29 heavy (non-hydrogen) atoms. The summed E-state index contributed by atoms with van der Waals surface area (Å²) in [4.78, 5) is 32.2. The number of hydrogen-bond donors (Lipinski definition) is 3. The minimum Gasteiger partial charge on any atom is -0.340 e. The van der Waals surface area contributed by atoms with Crippen molar-refractivity contribution in [1.82, 2.24) is 15.3 Å². The first-order valence-electron chi connectivity index (χ1n) is 9.01. The van der Waals surface area contributed by atoms with E-state index in [1.807, 2.05) is 25.1 Å². The fourth-order valence-electron chi connectivity index (χ4n) is 2.83. The highest BCUT2D eigenvalue weighted by Crippen LogP contribution is 2.29. The van der Waals surface area contributed by atoms with Crippen LogP contribution in [0.3, 0.4) is 0 Å². The van der Waals surface area contributed by atoms with E-state index in [0.717, 1.165) is 29.8 Å². The third kappa shape index (κ3) is 4.92. The van der Waals surface area contributed by atoms with Crippen LogP contribution < -0.4 is 10.6 Å². The van der Waals surface area contributed by atoms with E-state index in [1.54, 1.807) is 6.07 Å². The van der Waals surface area contributed by atoms with Gasteiger partial charge in [0.25, 0.3) is 5.91 Å². The van der Waals surface area contributed by atoms with E-state index in [4.69, 9.17) is 0 Å². The van der Waals surface area contributed by atoms with E-state index < -0.39 is 29.6 Å². The number of carbonyl (C=O) groups excluding carboxylic acids is 2. The lowest BCUT2D eigenvalue weighted by Gasteiger charge is -2.17. The number of rotatable bonds is 6. The van der Waals surface area contributed by atoms with Crippen molar-refractivity contribution in [2.24, 2.45) is 0 Å². The van der Waals surface area contributed by atoms with Gasteiger partial charge in [0.05, 0.1) is 16.6 Å². The van der Waals surface area contributed by atoms with Gasteiger partial charge in [-0.3, -0.25) is 14.9 Å². The largest absolute Gasteiger partial charge is 0.416 e. The van der Waals surface area contributed by atoms with Crippen molar-refractivity contribution >= 4 is 28.8 Å². The molecule has 9 heteroatoms. The van der Waals surface area contributed by atoms with Gasteiger partial charge < -0.3 is 10.3 Å². The molecule has 2 aromatic carbocycles. The van der Waals surface area contributed by atoms with Crippen LogP contribution >= 0.6 is 0 Å². The zero-order chi connectivity index (χ0) is 21.0. The summed E-state index contributed by atoms with van der Waals surface area (Å²) in [6.07, 6.45) is -3.50. The number of anilines is 1. The molecule has 3 aromatic rings. The van der Waals surface area contributed by atoms with Crippen LogP contribution in [0, 0.1) is 0 Å². The summed E-state index contributed by atoms with van der Waals surface area (Å²) in [5.74, 6) is -0.843. The smallest absolute Gasteiger partial charge is 0.340 e. The number of amides is 2. The molecule has 3 N–H and O–H groups in total. The molecule has 0 bridgehead atoms. The van der Waals surface area contributed by atoms with Gasteiger partial charge in [-0.2, -0.15) is 13.2 Å². The molecule has 0 saturated heterocycles. The number of nitrogens with one attached hydrogen (secondary N) is 3. The number of aromatic nitrogens is 2.